The van der Waals surface area contributed by atoms with E-state index in [1.165, 1.54) is 15.9 Å². The second-order valence-electron chi connectivity index (χ2n) is 3.99. The van der Waals surface area contributed by atoms with Crippen LogP contribution in [0.15, 0.2) is 61.2 Å². The van der Waals surface area contributed by atoms with E-state index in [1.54, 1.807) is 7.11 Å². The highest BCUT2D eigenvalue weighted by atomic mass is 28.2. The zero-order valence-electron chi connectivity index (χ0n) is 10.0. The van der Waals surface area contributed by atoms with E-state index >= 15 is 0 Å². The van der Waals surface area contributed by atoms with Gasteiger partial charge in [0.2, 0.25) is 0 Å². The van der Waals surface area contributed by atoms with E-state index < -0.39 is 9.52 Å². The Balaban J connectivity index is 2.09. The average Bonchev–Trinajstić information content (AvgIpc) is 2.40. The summed E-state index contributed by atoms with van der Waals surface area (Å²) in [7, 11) is 1.24. The zero-order valence-corrected chi connectivity index (χ0v) is 11.4. The number of rotatable bonds is 4. The molecule has 86 valence electrons. The number of methoxy groups -OCH3 is 1. The van der Waals surface area contributed by atoms with E-state index in [9.17, 15) is 0 Å². The molecular formula is C15H16OSi. The van der Waals surface area contributed by atoms with Gasteiger partial charge in [0.1, 0.15) is 5.75 Å². The molecule has 0 aliphatic rings. The van der Waals surface area contributed by atoms with E-state index in [4.69, 9.17) is 4.74 Å². The first-order valence-electron chi connectivity index (χ1n) is 5.66. The standard InChI is InChI=1S/C15H16OSi/c1-12(17-15-6-4-3-5-7-15)13-8-10-14(16-2)11-9-13/h3-11H,1,17H2,2H3. The summed E-state index contributed by atoms with van der Waals surface area (Å²) in [6, 6.07) is 18.7. The van der Waals surface area contributed by atoms with E-state index in [-0.39, 0.29) is 0 Å². The van der Waals surface area contributed by atoms with Crippen molar-refractivity contribution in [3.05, 3.63) is 66.7 Å². The van der Waals surface area contributed by atoms with Crippen LogP contribution in [-0.4, -0.2) is 16.6 Å². The summed E-state index contributed by atoms with van der Waals surface area (Å²) in [5.41, 5.74) is 1.22. The van der Waals surface area contributed by atoms with Gasteiger partial charge in [0.05, 0.1) is 16.6 Å². The number of ether oxygens (including phenoxy) is 1. The average molecular weight is 240 g/mol. The lowest BCUT2D eigenvalue weighted by Gasteiger charge is -2.06. The van der Waals surface area contributed by atoms with Crippen molar-refractivity contribution < 1.29 is 4.74 Å². The lowest BCUT2D eigenvalue weighted by molar-refractivity contribution is 0.415. The highest BCUT2D eigenvalue weighted by molar-refractivity contribution is 6.72. The predicted molar refractivity (Wildman–Crippen MR) is 76.6 cm³/mol. The molecule has 0 radical (unpaired) electrons. The summed E-state index contributed by atoms with van der Waals surface area (Å²) in [6.07, 6.45) is 0. The third kappa shape index (κ3) is 3.08. The molecule has 0 amide bonds. The van der Waals surface area contributed by atoms with E-state index in [0.717, 1.165) is 5.75 Å². The van der Waals surface area contributed by atoms with Gasteiger partial charge in [0.25, 0.3) is 0 Å². The number of benzene rings is 2. The minimum absolute atomic E-state index is 0.439. The van der Waals surface area contributed by atoms with E-state index in [2.05, 4.69) is 43.0 Å². The molecule has 0 saturated carbocycles. The first kappa shape index (κ1) is 11.7. The topological polar surface area (TPSA) is 9.23 Å². The smallest absolute Gasteiger partial charge is 0.118 e. The first-order valence-corrected chi connectivity index (χ1v) is 7.07. The van der Waals surface area contributed by atoms with E-state index in [0.29, 0.717) is 0 Å². The van der Waals surface area contributed by atoms with Crippen molar-refractivity contribution in [1.82, 2.24) is 0 Å². The largest absolute Gasteiger partial charge is 0.497 e. The van der Waals surface area contributed by atoms with Crippen molar-refractivity contribution in [3.63, 3.8) is 0 Å². The van der Waals surface area contributed by atoms with Crippen LogP contribution < -0.4 is 9.92 Å². The zero-order chi connectivity index (χ0) is 12.1. The lowest BCUT2D eigenvalue weighted by Crippen LogP contribution is -2.14. The maximum absolute atomic E-state index is 5.15. The maximum Gasteiger partial charge on any atom is 0.118 e. The molecule has 0 saturated heterocycles. The van der Waals surface area contributed by atoms with Gasteiger partial charge >= 0.3 is 0 Å². The Morgan fingerprint density at radius 3 is 2.24 bits per heavy atom. The molecule has 0 spiro atoms. The summed E-state index contributed by atoms with van der Waals surface area (Å²) in [5.74, 6) is 0.892. The fraction of sp³-hybridized carbons (Fsp3) is 0.0667. The van der Waals surface area contributed by atoms with Crippen molar-refractivity contribution in [3.8, 4) is 5.75 Å². The summed E-state index contributed by atoms with van der Waals surface area (Å²) in [4.78, 5) is 0. The van der Waals surface area contributed by atoms with Crippen molar-refractivity contribution in [2.75, 3.05) is 7.11 Å². The summed E-state index contributed by atoms with van der Waals surface area (Å²) in [5, 5.41) is 2.69. The van der Waals surface area contributed by atoms with Crippen LogP contribution in [0.5, 0.6) is 5.75 Å². The molecule has 0 fully saturated rings. The van der Waals surface area contributed by atoms with Crippen LogP contribution in [0.25, 0.3) is 5.20 Å². The molecule has 0 N–H and O–H groups in total. The minimum atomic E-state index is -0.439. The molecule has 1 nitrogen and oxygen atoms in total. The molecule has 2 rings (SSSR count). The Morgan fingerprint density at radius 1 is 1.00 bits per heavy atom. The second kappa shape index (κ2) is 5.50. The van der Waals surface area contributed by atoms with Crippen LogP contribution in [0.2, 0.25) is 0 Å². The maximum atomic E-state index is 5.15. The molecule has 0 heterocycles. The van der Waals surface area contributed by atoms with Gasteiger partial charge in [-0.15, -0.1) is 0 Å². The minimum Gasteiger partial charge on any atom is -0.497 e. The Labute approximate surface area is 105 Å². The first-order chi connectivity index (χ1) is 8.29. The van der Waals surface area contributed by atoms with Crippen LogP contribution in [0.4, 0.5) is 0 Å². The Bertz CT molecular complexity index is 488. The van der Waals surface area contributed by atoms with Gasteiger partial charge in [-0.25, -0.2) is 0 Å². The molecule has 0 aromatic heterocycles. The summed E-state index contributed by atoms with van der Waals surface area (Å²) >= 11 is 0. The molecular weight excluding hydrogens is 224 g/mol. The van der Waals surface area contributed by atoms with Gasteiger partial charge in [-0.1, -0.05) is 59.4 Å². The molecule has 2 aromatic carbocycles. The second-order valence-corrected chi connectivity index (χ2v) is 6.02. The van der Waals surface area contributed by atoms with Crippen LogP contribution >= 0.6 is 0 Å². The monoisotopic (exact) mass is 240 g/mol. The Hall–Kier alpha value is -1.80. The van der Waals surface area contributed by atoms with Crippen molar-refractivity contribution in [2.45, 2.75) is 0 Å². The van der Waals surface area contributed by atoms with Gasteiger partial charge in [-0.3, -0.25) is 0 Å². The SMILES string of the molecule is C=C([SiH2]c1ccccc1)c1ccc(OC)cc1. The van der Waals surface area contributed by atoms with Crippen LogP contribution in [0, 0.1) is 0 Å². The number of hydrogen-bond donors (Lipinski definition) is 0. The highest BCUT2D eigenvalue weighted by Crippen LogP contribution is 2.16. The van der Waals surface area contributed by atoms with Crippen LogP contribution in [0.1, 0.15) is 5.56 Å². The summed E-state index contributed by atoms with van der Waals surface area (Å²) in [6.45, 7) is 4.20. The third-order valence-corrected chi connectivity index (χ3v) is 4.47. The van der Waals surface area contributed by atoms with Gasteiger partial charge in [0.15, 0.2) is 0 Å². The molecule has 0 aliphatic carbocycles. The normalized spacial score (nSPS) is 10.6. The van der Waals surface area contributed by atoms with Gasteiger partial charge < -0.3 is 4.74 Å². The van der Waals surface area contributed by atoms with Crippen LogP contribution in [-0.2, 0) is 0 Å². The van der Waals surface area contributed by atoms with Crippen molar-refractivity contribution >= 4 is 19.9 Å². The van der Waals surface area contributed by atoms with Gasteiger partial charge in [-0.05, 0) is 17.7 Å². The van der Waals surface area contributed by atoms with Crippen LogP contribution in [0.3, 0.4) is 0 Å². The third-order valence-electron chi connectivity index (χ3n) is 2.76. The van der Waals surface area contributed by atoms with Crippen molar-refractivity contribution in [2.24, 2.45) is 0 Å². The molecule has 0 atom stereocenters. The predicted octanol–water partition coefficient (Wildman–Crippen LogP) is 2.16. The fourth-order valence-corrected chi connectivity index (χ4v) is 3.21. The molecule has 0 unspecified atom stereocenters. The van der Waals surface area contributed by atoms with Gasteiger partial charge in [0, 0.05) is 0 Å². The quantitative estimate of drug-likeness (QED) is 0.744. The molecule has 0 aliphatic heterocycles. The number of hydrogen-bond acceptors (Lipinski definition) is 1. The molecule has 2 heteroatoms. The molecule has 2 aromatic rings. The Kier molecular flexibility index (Phi) is 3.78. The Morgan fingerprint density at radius 2 is 1.65 bits per heavy atom. The lowest BCUT2D eigenvalue weighted by atomic mass is 10.2. The highest BCUT2D eigenvalue weighted by Gasteiger charge is 2.01. The van der Waals surface area contributed by atoms with Gasteiger partial charge in [-0.2, -0.15) is 0 Å². The van der Waals surface area contributed by atoms with Crippen molar-refractivity contribution in [1.29, 1.82) is 0 Å². The molecule has 0 bridgehead atoms. The summed E-state index contributed by atoms with van der Waals surface area (Å²) < 4.78 is 5.15. The van der Waals surface area contributed by atoms with E-state index in [1.807, 2.05) is 18.2 Å². The fourth-order valence-electron chi connectivity index (χ4n) is 1.77. The molecule has 17 heavy (non-hydrogen) atoms.